The van der Waals surface area contributed by atoms with E-state index in [0.29, 0.717) is 18.8 Å². The van der Waals surface area contributed by atoms with Crippen LogP contribution < -0.4 is 5.32 Å². The molecule has 17 heavy (non-hydrogen) atoms. The van der Waals surface area contributed by atoms with Crippen LogP contribution in [0.1, 0.15) is 32.0 Å². The largest absolute Gasteiger partial charge is 0.375 e. The minimum absolute atomic E-state index is 0.167. The van der Waals surface area contributed by atoms with Crippen LogP contribution in [0, 0.1) is 11.3 Å². The normalized spacial score (nSPS) is 11.2. The molecule has 4 nitrogen and oxygen atoms in total. The predicted molar refractivity (Wildman–Crippen MR) is 66.4 cm³/mol. The topological polar surface area (TPSA) is 57.9 Å². The minimum atomic E-state index is -0.167. The van der Waals surface area contributed by atoms with Gasteiger partial charge in [-0.05, 0) is 38.5 Å². The zero-order valence-electron chi connectivity index (χ0n) is 10.7. The monoisotopic (exact) mass is 233 g/mol. The molecule has 0 spiro atoms. The van der Waals surface area contributed by atoms with Crippen LogP contribution in [-0.4, -0.2) is 23.7 Å². The molecule has 0 aliphatic carbocycles. The lowest BCUT2D eigenvalue weighted by Crippen LogP contribution is -2.37. The molecule has 0 amide bonds. The summed E-state index contributed by atoms with van der Waals surface area (Å²) >= 11 is 0. The molecule has 0 bridgehead atoms. The Bertz CT molecular complexity index is 396. The van der Waals surface area contributed by atoms with E-state index in [1.807, 2.05) is 19.1 Å². The van der Waals surface area contributed by atoms with Gasteiger partial charge >= 0.3 is 0 Å². The first-order chi connectivity index (χ1) is 8.07. The van der Waals surface area contributed by atoms with Crippen molar-refractivity contribution in [3.05, 3.63) is 29.6 Å². The van der Waals surface area contributed by atoms with E-state index < -0.39 is 0 Å². The van der Waals surface area contributed by atoms with Crippen molar-refractivity contribution in [1.29, 1.82) is 5.26 Å². The number of hydrogen-bond donors (Lipinski definition) is 1. The summed E-state index contributed by atoms with van der Waals surface area (Å²) in [7, 11) is 0. The Hall–Kier alpha value is -1.44. The molecule has 0 atom stereocenters. The van der Waals surface area contributed by atoms with Gasteiger partial charge in [0.25, 0.3) is 0 Å². The van der Waals surface area contributed by atoms with Crippen LogP contribution in [0.25, 0.3) is 0 Å². The van der Waals surface area contributed by atoms with Crippen LogP contribution in [0.4, 0.5) is 0 Å². The lowest BCUT2D eigenvalue weighted by molar-refractivity contribution is -0.00897. The molecule has 0 saturated carbocycles. The molecule has 1 N–H and O–H groups in total. The zero-order valence-corrected chi connectivity index (χ0v) is 10.7. The number of pyridine rings is 1. The van der Waals surface area contributed by atoms with Crippen molar-refractivity contribution < 1.29 is 4.74 Å². The van der Waals surface area contributed by atoms with Gasteiger partial charge in [-0.25, -0.2) is 4.98 Å². The van der Waals surface area contributed by atoms with E-state index in [4.69, 9.17) is 10.00 Å². The molecular formula is C13H19N3O. The first kappa shape index (κ1) is 13.6. The molecule has 1 aromatic rings. The van der Waals surface area contributed by atoms with Gasteiger partial charge in [-0.15, -0.1) is 0 Å². The number of ether oxygens (including phenoxy) is 1. The number of hydrogen-bond acceptors (Lipinski definition) is 4. The molecule has 0 radical (unpaired) electrons. The summed E-state index contributed by atoms with van der Waals surface area (Å²) in [6.45, 7) is 8.29. The highest BCUT2D eigenvalue weighted by molar-refractivity contribution is 5.25. The first-order valence-electron chi connectivity index (χ1n) is 5.77. The molecule has 0 saturated heterocycles. The molecule has 0 unspecified atom stereocenters. The van der Waals surface area contributed by atoms with E-state index in [2.05, 4.69) is 24.1 Å². The molecule has 0 aliphatic heterocycles. The van der Waals surface area contributed by atoms with E-state index in [1.165, 1.54) is 0 Å². The Kier molecular flexibility index (Phi) is 5.08. The second kappa shape index (κ2) is 6.33. The third-order valence-electron chi connectivity index (χ3n) is 2.35. The number of nitriles is 1. The van der Waals surface area contributed by atoms with Gasteiger partial charge in [-0.2, -0.15) is 5.26 Å². The number of nitrogens with zero attached hydrogens (tertiary/aromatic N) is 2. The average molecular weight is 233 g/mol. The Morgan fingerprint density at radius 1 is 1.53 bits per heavy atom. The van der Waals surface area contributed by atoms with Crippen LogP contribution >= 0.6 is 0 Å². The molecule has 1 rings (SSSR count). The van der Waals surface area contributed by atoms with Crippen LogP contribution in [-0.2, 0) is 11.3 Å². The van der Waals surface area contributed by atoms with Gasteiger partial charge in [-0.1, -0.05) is 0 Å². The fraction of sp³-hybridized carbons (Fsp3) is 0.538. The van der Waals surface area contributed by atoms with E-state index in [-0.39, 0.29) is 5.60 Å². The summed E-state index contributed by atoms with van der Waals surface area (Å²) in [5, 5.41) is 12.0. The molecule has 4 heteroatoms. The Morgan fingerprint density at radius 2 is 2.29 bits per heavy atom. The maximum Gasteiger partial charge on any atom is 0.140 e. The molecular weight excluding hydrogens is 214 g/mol. The molecule has 1 heterocycles. The summed E-state index contributed by atoms with van der Waals surface area (Å²) < 4.78 is 5.58. The van der Waals surface area contributed by atoms with Crippen LogP contribution in [0.2, 0.25) is 0 Å². The minimum Gasteiger partial charge on any atom is -0.375 e. The summed E-state index contributed by atoms with van der Waals surface area (Å²) in [6, 6.07) is 5.73. The second-order valence-corrected chi connectivity index (χ2v) is 4.46. The second-order valence-electron chi connectivity index (χ2n) is 4.46. The SMILES string of the molecule is CCOC(C)(C)CNCc1ccnc(C#N)c1. The molecule has 1 aromatic heterocycles. The quantitative estimate of drug-likeness (QED) is 0.814. The highest BCUT2D eigenvalue weighted by Gasteiger charge is 2.16. The van der Waals surface area contributed by atoms with E-state index in [0.717, 1.165) is 12.1 Å². The summed E-state index contributed by atoms with van der Waals surface area (Å²) in [5.74, 6) is 0. The summed E-state index contributed by atoms with van der Waals surface area (Å²) in [6.07, 6.45) is 1.66. The van der Waals surface area contributed by atoms with Crippen molar-refractivity contribution in [2.24, 2.45) is 0 Å². The lowest BCUT2D eigenvalue weighted by atomic mass is 10.1. The van der Waals surface area contributed by atoms with Gasteiger partial charge in [-0.3, -0.25) is 0 Å². The number of nitrogens with one attached hydrogen (secondary N) is 1. The summed E-state index contributed by atoms with van der Waals surface area (Å²) in [4.78, 5) is 3.93. The van der Waals surface area contributed by atoms with Gasteiger partial charge in [0.2, 0.25) is 0 Å². The molecule has 0 fully saturated rings. The number of aromatic nitrogens is 1. The van der Waals surface area contributed by atoms with E-state index >= 15 is 0 Å². The van der Waals surface area contributed by atoms with Crippen molar-refractivity contribution in [1.82, 2.24) is 10.3 Å². The maximum atomic E-state index is 8.73. The van der Waals surface area contributed by atoms with Gasteiger partial charge in [0, 0.05) is 25.9 Å². The van der Waals surface area contributed by atoms with Crippen LogP contribution in [0.5, 0.6) is 0 Å². The smallest absolute Gasteiger partial charge is 0.140 e. The van der Waals surface area contributed by atoms with Crippen molar-refractivity contribution in [3.63, 3.8) is 0 Å². The molecule has 92 valence electrons. The third kappa shape index (κ3) is 4.94. The lowest BCUT2D eigenvalue weighted by Gasteiger charge is -2.25. The third-order valence-corrected chi connectivity index (χ3v) is 2.35. The standard InChI is InChI=1S/C13H19N3O/c1-4-17-13(2,3)10-15-9-11-5-6-16-12(7-11)8-14/h5-7,15H,4,9-10H2,1-3H3. The fourth-order valence-corrected chi connectivity index (χ4v) is 1.60. The number of rotatable bonds is 6. The van der Waals surface area contributed by atoms with Crippen LogP contribution in [0.15, 0.2) is 18.3 Å². The fourth-order valence-electron chi connectivity index (χ4n) is 1.60. The van der Waals surface area contributed by atoms with Gasteiger partial charge in [0.15, 0.2) is 0 Å². The Balaban J connectivity index is 2.43. The molecule has 0 aliphatic rings. The van der Waals surface area contributed by atoms with E-state index in [9.17, 15) is 0 Å². The predicted octanol–water partition coefficient (Wildman–Crippen LogP) is 1.86. The van der Waals surface area contributed by atoms with Gasteiger partial charge in [0.1, 0.15) is 11.8 Å². The summed E-state index contributed by atoms with van der Waals surface area (Å²) in [5.41, 5.74) is 1.34. The van der Waals surface area contributed by atoms with Crippen molar-refractivity contribution in [3.8, 4) is 6.07 Å². The molecule has 0 aromatic carbocycles. The van der Waals surface area contributed by atoms with Crippen molar-refractivity contribution in [2.75, 3.05) is 13.2 Å². The first-order valence-corrected chi connectivity index (χ1v) is 5.77. The average Bonchev–Trinajstić information content (AvgIpc) is 2.29. The highest BCUT2D eigenvalue weighted by Crippen LogP contribution is 2.07. The highest BCUT2D eigenvalue weighted by atomic mass is 16.5. The van der Waals surface area contributed by atoms with Crippen molar-refractivity contribution in [2.45, 2.75) is 32.9 Å². The van der Waals surface area contributed by atoms with Gasteiger partial charge < -0.3 is 10.1 Å². The van der Waals surface area contributed by atoms with Crippen molar-refractivity contribution >= 4 is 0 Å². The van der Waals surface area contributed by atoms with Gasteiger partial charge in [0.05, 0.1) is 5.60 Å². The van der Waals surface area contributed by atoms with E-state index in [1.54, 1.807) is 12.3 Å². The maximum absolute atomic E-state index is 8.73. The Morgan fingerprint density at radius 3 is 2.94 bits per heavy atom. The van der Waals surface area contributed by atoms with Crippen LogP contribution in [0.3, 0.4) is 0 Å². The Labute approximate surface area is 103 Å². The zero-order chi connectivity index (χ0) is 12.7.